The Labute approximate surface area is 73.3 Å². The maximum Gasteiger partial charge on any atom is 0.165 e. The van der Waals surface area contributed by atoms with Crippen LogP contribution in [0.2, 0.25) is 0 Å². The van der Waals surface area contributed by atoms with E-state index in [4.69, 9.17) is 0 Å². The van der Waals surface area contributed by atoms with E-state index in [1.54, 1.807) is 17.8 Å². The first kappa shape index (κ1) is 10.8. The molecule has 2 heteroatoms. The van der Waals surface area contributed by atoms with Crippen molar-refractivity contribution in [3.05, 3.63) is 11.6 Å². The molecule has 0 unspecified atom stereocenters. The quantitative estimate of drug-likeness (QED) is 0.606. The predicted molar refractivity (Wildman–Crippen MR) is 52.0 cm³/mol. The topological polar surface area (TPSA) is 17.1 Å². The molecular weight excluding hydrogens is 156 g/mol. The third-order valence-corrected chi connectivity index (χ3v) is 2.13. The van der Waals surface area contributed by atoms with Gasteiger partial charge < -0.3 is 0 Å². The van der Waals surface area contributed by atoms with Gasteiger partial charge in [-0.1, -0.05) is 19.4 Å². The zero-order valence-corrected chi connectivity index (χ0v) is 8.49. The minimum atomic E-state index is 0.226. The Morgan fingerprint density at radius 3 is 2.36 bits per heavy atom. The first-order valence-electron chi connectivity index (χ1n) is 3.81. The molecule has 0 aliphatic rings. The highest BCUT2D eigenvalue weighted by Crippen LogP contribution is 2.09. The maximum absolute atomic E-state index is 11.1. The number of hydrogen-bond donors (Lipinski definition) is 0. The van der Waals surface area contributed by atoms with Gasteiger partial charge in [-0.25, -0.2) is 0 Å². The Bertz CT molecular complexity index is 155. The molecule has 0 heterocycles. The lowest BCUT2D eigenvalue weighted by molar-refractivity contribution is -0.112. The first-order valence-corrected chi connectivity index (χ1v) is 4.86. The van der Waals surface area contributed by atoms with Gasteiger partial charge >= 0.3 is 0 Å². The number of rotatable bonds is 4. The summed E-state index contributed by atoms with van der Waals surface area (Å²) in [5.41, 5.74) is 1.08. The van der Waals surface area contributed by atoms with Crippen molar-refractivity contribution in [3.63, 3.8) is 0 Å². The molecule has 64 valence electrons. The SMILES string of the molecule is CC(C)=CC(=O)CSC(C)C. The van der Waals surface area contributed by atoms with Crippen molar-refractivity contribution in [1.29, 1.82) is 0 Å². The van der Waals surface area contributed by atoms with Crippen LogP contribution in [0.15, 0.2) is 11.6 Å². The highest BCUT2D eigenvalue weighted by molar-refractivity contribution is 8.00. The van der Waals surface area contributed by atoms with E-state index in [0.717, 1.165) is 5.57 Å². The largest absolute Gasteiger partial charge is 0.294 e. The van der Waals surface area contributed by atoms with Crippen molar-refractivity contribution >= 4 is 17.5 Å². The highest BCUT2D eigenvalue weighted by Gasteiger charge is 1.99. The lowest BCUT2D eigenvalue weighted by Crippen LogP contribution is -2.00. The fraction of sp³-hybridized carbons (Fsp3) is 0.667. The molecule has 0 amide bonds. The van der Waals surface area contributed by atoms with Crippen LogP contribution in [-0.2, 0) is 4.79 Å². The van der Waals surface area contributed by atoms with Gasteiger partial charge in [0, 0.05) is 0 Å². The molecule has 0 radical (unpaired) electrons. The van der Waals surface area contributed by atoms with E-state index in [1.165, 1.54) is 0 Å². The lowest BCUT2D eigenvalue weighted by atomic mass is 10.3. The van der Waals surface area contributed by atoms with Crippen LogP contribution in [0.4, 0.5) is 0 Å². The molecule has 0 spiro atoms. The van der Waals surface area contributed by atoms with E-state index in [2.05, 4.69) is 13.8 Å². The van der Waals surface area contributed by atoms with Crippen molar-refractivity contribution in [2.45, 2.75) is 32.9 Å². The van der Waals surface area contributed by atoms with Gasteiger partial charge in [-0.05, 0) is 25.2 Å². The van der Waals surface area contributed by atoms with Crippen molar-refractivity contribution < 1.29 is 4.79 Å². The molecular formula is C9H16OS. The predicted octanol–water partition coefficient (Wildman–Crippen LogP) is 2.66. The summed E-state index contributed by atoms with van der Waals surface area (Å²) in [5.74, 6) is 0.840. The summed E-state index contributed by atoms with van der Waals surface area (Å²) >= 11 is 1.69. The third kappa shape index (κ3) is 7.66. The second kappa shape index (κ2) is 5.42. The number of carbonyl (C=O) groups is 1. The van der Waals surface area contributed by atoms with Crippen LogP contribution in [0.25, 0.3) is 0 Å². The number of allylic oxidation sites excluding steroid dienone is 2. The van der Waals surface area contributed by atoms with Crippen LogP contribution in [0.3, 0.4) is 0 Å². The zero-order chi connectivity index (χ0) is 8.85. The summed E-state index contributed by atoms with van der Waals surface area (Å²) in [6.07, 6.45) is 1.70. The van der Waals surface area contributed by atoms with Crippen LogP contribution in [-0.4, -0.2) is 16.8 Å². The average Bonchev–Trinajstić information content (AvgIpc) is 1.82. The third-order valence-electron chi connectivity index (χ3n) is 1.01. The molecule has 11 heavy (non-hydrogen) atoms. The summed E-state index contributed by atoms with van der Waals surface area (Å²) in [5, 5.41) is 0.546. The molecule has 0 aliphatic carbocycles. The van der Waals surface area contributed by atoms with Crippen molar-refractivity contribution in [1.82, 2.24) is 0 Å². The van der Waals surface area contributed by atoms with Crippen LogP contribution in [0.1, 0.15) is 27.7 Å². The second-order valence-electron chi connectivity index (χ2n) is 3.05. The Morgan fingerprint density at radius 2 is 2.00 bits per heavy atom. The summed E-state index contributed by atoms with van der Waals surface area (Å²) in [4.78, 5) is 11.1. The van der Waals surface area contributed by atoms with Crippen LogP contribution >= 0.6 is 11.8 Å². The molecule has 0 fully saturated rings. The summed E-state index contributed by atoms with van der Waals surface area (Å²) < 4.78 is 0. The molecule has 0 aromatic carbocycles. The molecule has 0 bridgehead atoms. The molecule has 0 aromatic rings. The van der Waals surface area contributed by atoms with Crippen molar-refractivity contribution in [3.8, 4) is 0 Å². The standard InChI is InChI=1S/C9H16OS/c1-7(2)5-9(10)6-11-8(3)4/h5,8H,6H2,1-4H3. The highest BCUT2D eigenvalue weighted by atomic mass is 32.2. The van der Waals surface area contributed by atoms with Gasteiger partial charge in [-0.3, -0.25) is 4.79 Å². The molecule has 0 N–H and O–H groups in total. The lowest BCUT2D eigenvalue weighted by Gasteiger charge is -2.00. The van der Waals surface area contributed by atoms with Gasteiger partial charge in [-0.2, -0.15) is 11.8 Å². The fourth-order valence-corrected chi connectivity index (χ4v) is 1.19. The molecule has 0 aromatic heterocycles. The molecule has 0 aliphatic heterocycles. The van der Waals surface area contributed by atoms with Crippen LogP contribution < -0.4 is 0 Å². The summed E-state index contributed by atoms with van der Waals surface area (Å²) in [6, 6.07) is 0. The Balaban J connectivity index is 3.63. The Hall–Kier alpha value is -0.240. The molecule has 0 atom stereocenters. The normalized spacial score (nSPS) is 9.91. The molecule has 0 saturated carbocycles. The first-order chi connectivity index (χ1) is 5.02. The number of thioether (sulfide) groups is 1. The van der Waals surface area contributed by atoms with Gasteiger partial charge in [-0.15, -0.1) is 0 Å². The van der Waals surface area contributed by atoms with E-state index in [-0.39, 0.29) is 5.78 Å². The van der Waals surface area contributed by atoms with Crippen molar-refractivity contribution in [2.75, 3.05) is 5.75 Å². The van der Waals surface area contributed by atoms with E-state index >= 15 is 0 Å². The molecule has 0 rings (SSSR count). The Kier molecular flexibility index (Phi) is 5.30. The van der Waals surface area contributed by atoms with Gasteiger partial charge in [0.05, 0.1) is 5.75 Å². The minimum absolute atomic E-state index is 0.226. The smallest absolute Gasteiger partial charge is 0.165 e. The van der Waals surface area contributed by atoms with Gasteiger partial charge in [0.2, 0.25) is 0 Å². The van der Waals surface area contributed by atoms with Crippen molar-refractivity contribution in [2.24, 2.45) is 0 Å². The van der Waals surface area contributed by atoms with E-state index in [1.807, 2.05) is 13.8 Å². The molecule has 1 nitrogen and oxygen atoms in total. The number of hydrogen-bond acceptors (Lipinski definition) is 2. The number of ketones is 1. The minimum Gasteiger partial charge on any atom is -0.294 e. The Morgan fingerprint density at radius 1 is 1.45 bits per heavy atom. The average molecular weight is 172 g/mol. The van der Waals surface area contributed by atoms with E-state index < -0.39 is 0 Å². The van der Waals surface area contributed by atoms with E-state index in [0.29, 0.717) is 11.0 Å². The zero-order valence-electron chi connectivity index (χ0n) is 7.68. The van der Waals surface area contributed by atoms with Crippen LogP contribution in [0, 0.1) is 0 Å². The molecule has 0 saturated heterocycles. The van der Waals surface area contributed by atoms with Gasteiger partial charge in [0.1, 0.15) is 0 Å². The summed E-state index contributed by atoms with van der Waals surface area (Å²) in [6.45, 7) is 8.08. The summed E-state index contributed by atoms with van der Waals surface area (Å²) in [7, 11) is 0. The number of carbonyl (C=O) groups excluding carboxylic acids is 1. The van der Waals surface area contributed by atoms with Crippen LogP contribution in [0.5, 0.6) is 0 Å². The fourth-order valence-electron chi connectivity index (χ4n) is 0.612. The second-order valence-corrected chi connectivity index (χ2v) is 4.61. The monoisotopic (exact) mass is 172 g/mol. The van der Waals surface area contributed by atoms with E-state index in [9.17, 15) is 4.79 Å². The van der Waals surface area contributed by atoms with Gasteiger partial charge in [0.25, 0.3) is 0 Å². The van der Waals surface area contributed by atoms with Gasteiger partial charge in [0.15, 0.2) is 5.78 Å². The maximum atomic E-state index is 11.1.